The fourth-order valence-electron chi connectivity index (χ4n) is 5.97. The molecule has 29 heavy (non-hydrogen) atoms. The topological polar surface area (TPSA) is 43.4 Å². The first kappa shape index (κ1) is 18.7. The van der Waals surface area contributed by atoms with Crippen molar-refractivity contribution in [1.29, 1.82) is 0 Å². The summed E-state index contributed by atoms with van der Waals surface area (Å²) in [5.74, 6) is 6.68. The quantitative estimate of drug-likeness (QED) is 0.654. The molecule has 2 aliphatic rings. The van der Waals surface area contributed by atoms with Gasteiger partial charge in [0.25, 0.3) is 0 Å². The highest BCUT2D eigenvalue weighted by molar-refractivity contribution is 5.86. The maximum absolute atomic E-state index is 6.74. The van der Waals surface area contributed by atoms with Crippen LogP contribution < -0.4 is 5.84 Å². The lowest BCUT2D eigenvalue weighted by Gasteiger charge is -2.52. The number of hydrogen-bond donors (Lipinski definition) is 1. The van der Waals surface area contributed by atoms with Crippen LogP contribution in [0.25, 0.3) is 10.9 Å². The maximum atomic E-state index is 6.74. The number of nitrogens with zero attached hydrogens (tertiary/aromatic N) is 2. The molecule has 152 valence electrons. The average molecular weight is 390 g/mol. The van der Waals surface area contributed by atoms with Gasteiger partial charge in [-0.3, -0.25) is 9.58 Å². The maximum Gasteiger partial charge on any atom is 0.111 e. The highest BCUT2D eigenvalue weighted by Crippen LogP contribution is 2.53. The second-order valence-corrected chi connectivity index (χ2v) is 9.13. The molecule has 2 aromatic carbocycles. The van der Waals surface area contributed by atoms with Gasteiger partial charge in [0.05, 0.1) is 17.3 Å². The summed E-state index contributed by atoms with van der Waals surface area (Å²) in [6.45, 7) is 2.21. The fourth-order valence-corrected chi connectivity index (χ4v) is 5.97. The first-order valence-corrected chi connectivity index (χ1v) is 10.8. The van der Waals surface area contributed by atoms with Gasteiger partial charge in [-0.25, -0.2) is 0 Å². The number of nitrogen functional groups attached to an aromatic ring is 1. The first-order valence-electron chi connectivity index (χ1n) is 10.8. The highest BCUT2D eigenvalue weighted by atomic mass is 16.5. The molecule has 1 aliphatic heterocycles. The predicted molar refractivity (Wildman–Crippen MR) is 118 cm³/mol. The van der Waals surface area contributed by atoms with Crippen molar-refractivity contribution in [3.05, 3.63) is 71.4 Å². The Balaban J connectivity index is 1.59. The van der Waals surface area contributed by atoms with E-state index < -0.39 is 0 Å². The smallest absolute Gasteiger partial charge is 0.111 e. The summed E-state index contributed by atoms with van der Waals surface area (Å²) in [5.41, 5.74) is 4.85. The predicted octanol–water partition coefficient (Wildman–Crippen LogP) is 4.54. The largest absolute Gasteiger partial charge is 0.365 e. The van der Waals surface area contributed by atoms with Crippen LogP contribution >= 0.6 is 0 Å². The van der Waals surface area contributed by atoms with Crippen LogP contribution in [0.5, 0.6) is 0 Å². The van der Waals surface area contributed by atoms with Gasteiger partial charge in [-0.15, -0.1) is 0 Å². The lowest BCUT2D eigenvalue weighted by Crippen LogP contribution is -2.51. The van der Waals surface area contributed by atoms with Crippen molar-refractivity contribution in [2.24, 2.45) is 0 Å². The second kappa shape index (κ2) is 6.61. The minimum atomic E-state index is -0.297. The SMILES string of the molecule is CC1Cc2c(n(N)c3ccccc23)C2(CCC(c3ccccc3)(N(C)C)CC2)O1. The summed E-state index contributed by atoms with van der Waals surface area (Å²) in [6, 6.07) is 19.5. The zero-order chi connectivity index (χ0) is 20.2. The molecule has 1 atom stereocenters. The van der Waals surface area contributed by atoms with Crippen LogP contribution in [0, 0.1) is 0 Å². The van der Waals surface area contributed by atoms with Gasteiger partial charge in [-0.2, -0.15) is 0 Å². The van der Waals surface area contributed by atoms with Crippen LogP contribution in [0.15, 0.2) is 54.6 Å². The third-order valence-electron chi connectivity index (χ3n) is 7.42. The average Bonchev–Trinajstić information content (AvgIpc) is 3.02. The molecule has 1 fully saturated rings. The molecule has 2 N–H and O–H groups in total. The Bertz CT molecular complexity index is 1030. The zero-order valence-corrected chi connectivity index (χ0v) is 17.7. The molecule has 0 amide bonds. The van der Waals surface area contributed by atoms with Crippen LogP contribution in [0.2, 0.25) is 0 Å². The van der Waals surface area contributed by atoms with Gasteiger partial charge in [0.2, 0.25) is 0 Å². The van der Waals surface area contributed by atoms with Gasteiger partial charge in [-0.1, -0.05) is 48.5 Å². The monoisotopic (exact) mass is 389 g/mol. The fraction of sp³-hybridized carbons (Fsp3) is 0.440. The number of benzene rings is 2. The van der Waals surface area contributed by atoms with Gasteiger partial charge in [0, 0.05) is 17.3 Å². The Kier molecular flexibility index (Phi) is 4.27. The van der Waals surface area contributed by atoms with Crippen molar-refractivity contribution in [2.75, 3.05) is 19.9 Å². The standard InChI is InChI=1S/C25H31N3O/c1-18-17-21-20-11-7-8-12-22(20)28(26)23(21)25(29-18)15-13-24(14-16-25,27(2)3)19-9-5-4-6-10-19/h4-12,18H,13-17,26H2,1-3H3. The second-order valence-electron chi connectivity index (χ2n) is 9.13. The molecule has 4 heteroatoms. The van der Waals surface area contributed by atoms with E-state index in [0.717, 1.165) is 37.6 Å². The number of hydrogen-bond acceptors (Lipinski definition) is 3. The van der Waals surface area contributed by atoms with E-state index in [-0.39, 0.29) is 17.2 Å². The highest BCUT2D eigenvalue weighted by Gasteiger charge is 2.51. The molecule has 4 nitrogen and oxygen atoms in total. The van der Waals surface area contributed by atoms with Crippen molar-refractivity contribution in [3.63, 3.8) is 0 Å². The number of ether oxygens (including phenoxy) is 1. The van der Waals surface area contributed by atoms with E-state index in [2.05, 4.69) is 80.5 Å². The molecule has 1 aliphatic carbocycles. The molecular formula is C25H31N3O. The Hall–Kier alpha value is -2.30. The molecule has 5 rings (SSSR count). The summed E-state index contributed by atoms with van der Waals surface area (Å²) >= 11 is 0. The molecule has 1 aromatic heterocycles. The normalized spacial score (nSPS) is 29.4. The van der Waals surface area contributed by atoms with E-state index in [1.807, 2.05) is 4.68 Å². The van der Waals surface area contributed by atoms with E-state index in [9.17, 15) is 0 Å². The third-order valence-corrected chi connectivity index (χ3v) is 7.42. The molecule has 1 spiro atoms. The first-order chi connectivity index (χ1) is 14.0. The zero-order valence-electron chi connectivity index (χ0n) is 17.7. The van der Waals surface area contributed by atoms with Crippen LogP contribution in [-0.2, 0) is 22.3 Å². The van der Waals surface area contributed by atoms with Gasteiger partial charge in [-0.05, 0) is 63.9 Å². The summed E-state index contributed by atoms with van der Waals surface area (Å²) in [7, 11) is 4.42. The number of rotatable bonds is 2. The van der Waals surface area contributed by atoms with E-state index in [1.54, 1.807) is 0 Å². The van der Waals surface area contributed by atoms with Crippen molar-refractivity contribution < 1.29 is 4.74 Å². The summed E-state index contributed by atoms with van der Waals surface area (Å²) in [5, 5.41) is 1.28. The molecular weight excluding hydrogens is 358 g/mol. The van der Waals surface area contributed by atoms with E-state index in [0.29, 0.717) is 0 Å². The van der Waals surface area contributed by atoms with E-state index in [1.165, 1.54) is 22.2 Å². The summed E-state index contributed by atoms with van der Waals surface area (Å²) < 4.78 is 8.66. The Morgan fingerprint density at radius 1 is 0.966 bits per heavy atom. The van der Waals surface area contributed by atoms with E-state index in [4.69, 9.17) is 10.6 Å². The minimum absolute atomic E-state index is 0.0438. The van der Waals surface area contributed by atoms with Crippen molar-refractivity contribution >= 4 is 10.9 Å². The Morgan fingerprint density at radius 3 is 2.31 bits per heavy atom. The minimum Gasteiger partial charge on any atom is -0.365 e. The van der Waals surface area contributed by atoms with Gasteiger partial charge in [0.1, 0.15) is 5.60 Å². The van der Waals surface area contributed by atoms with Gasteiger partial charge in [0.15, 0.2) is 0 Å². The molecule has 1 saturated carbocycles. The number of fused-ring (bicyclic) bond motifs is 4. The van der Waals surface area contributed by atoms with Crippen LogP contribution in [-0.4, -0.2) is 29.8 Å². The third kappa shape index (κ3) is 2.66. The molecule has 3 aromatic rings. The van der Waals surface area contributed by atoms with Gasteiger partial charge >= 0.3 is 0 Å². The van der Waals surface area contributed by atoms with E-state index >= 15 is 0 Å². The van der Waals surface area contributed by atoms with Crippen molar-refractivity contribution in [3.8, 4) is 0 Å². The molecule has 2 heterocycles. The Morgan fingerprint density at radius 2 is 1.62 bits per heavy atom. The Labute approximate surface area is 173 Å². The molecule has 0 radical (unpaired) electrons. The van der Waals surface area contributed by atoms with Crippen LogP contribution in [0.3, 0.4) is 0 Å². The summed E-state index contributed by atoms with van der Waals surface area (Å²) in [6.07, 6.45) is 5.20. The van der Waals surface area contributed by atoms with Crippen LogP contribution in [0.4, 0.5) is 0 Å². The lowest BCUT2D eigenvalue weighted by atomic mass is 9.67. The summed E-state index contributed by atoms with van der Waals surface area (Å²) in [4.78, 5) is 2.40. The molecule has 0 bridgehead atoms. The van der Waals surface area contributed by atoms with Crippen molar-refractivity contribution in [2.45, 2.75) is 56.3 Å². The molecule has 0 saturated heterocycles. The number of nitrogens with two attached hydrogens (primary N) is 1. The van der Waals surface area contributed by atoms with Crippen molar-refractivity contribution in [1.82, 2.24) is 9.58 Å². The lowest BCUT2D eigenvalue weighted by molar-refractivity contribution is -0.146. The molecule has 1 unspecified atom stereocenters. The number of para-hydroxylation sites is 1. The van der Waals surface area contributed by atoms with Crippen LogP contribution in [0.1, 0.15) is 49.4 Å². The number of aromatic nitrogens is 1. The van der Waals surface area contributed by atoms with Gasteiger partial charge < -0.3 is 10.6 Å².